The van der Waals surface area contributed by atoms with Crippen LogP contribution in [0.15, 0.2) is 24.4 Å². The first kappa shape index (κ1) is 9.16. The van der Waals surface area contributed by atoms with Crippen molar-refractivity contribution in [2.24, 2.45) is 0 Å². The van der Waals surface area contributed by atoms with Gasteiger partial charge in [-0.2, -0.15) is 0 Å². The van der Waals surface area contributed by atoms with E-state index in [4.69, 9.17) is 0 Å². The molecule has 0 aliphatic rings. The maximum absolute atomic E-state index is 9.75. The summed E-state index contributed by atoms with van der Waals surface area (Å²) < 4.78 is 0. The van der Waals surface area contributed by atoms with Crippen LogP contribution in [0.2, 0.25) is 0 Å². The van der Waals surface area contributed by atoms with Crippen LogP contribution < -0.4 is 0 Å². The molecule has 3 nitrogen and oxygen atoms in total. The summed E-state index contributed by atoms with van der Waals surface area (Å²) in [6, 6.07) is 5.23. The minimum absolute atomic E-state index is 0.486. The zero-order valence-corrected chi connectivity index (χ0v) is 7.23. The predicted molar refractivity (Wildman–Crippen MR) is 45.5 cm³/mol. The van der Waals surface area contributed by atoms with Gasteiger partial charge in [0.1, 0.15) is 5.60 Å². The Morgan fingerprint density at radius 1 is 1.50 bits per heavy atom. The van der Waals surface area contributed by atoms with E-state index in [0.717, 1.165) is 0 Å². The molecule has 12 heavy (non-hydrogen) atoms. The number of hydrogen-bond acceptors (Lipinski definition) is 3. The van der Waals surface area contributed by atoms with Gasteiger partial charge in [-0.25, -0.2) is 0 Å². The highest BCUT2D eigenvalue weighted by Crippen LogP contribution is 2.21. The number of aliphatic hydroxyl groups is 2. The summed E-state index contributed by atoms with van der Waals surface area (Å²) in [5.74, 6) is 0. The second-order valence-electron chi connectivity index (χ2n) is 3.04. The van der Waals surface area contributed by atoms with Crippen molar-refractivity contribution in [3.8, 4) is 0 Å². The van der Waals surface area contributed by atoms with E-state index in [1.54, 1.807) is 31.3 Å². The average molecular weight is 167 g/mol. The smallest absolute Gasteiger partial charge is 0.129 e. The Morgan fingerprint density at radius 3 is 2.58 bits per heavy atom. The monoisotopic (exact) mass is 167 g/mol. The first-order valence-electron chi connectivity index (χ1n) is 3.87. The van der Waals surface area contributed by atoms with E-state index < -0.39 is 11.7 Å². The standard InChI is InChI=1S/C9H13NO2/c1-7(11)9(2,12)8-5-3-4-6-10-8/h3-7,11-12H,1-2H3. The van der Waals surface area contributed by atoms with Gasteiger partial charge < -0.3 is 10.2 Å². The third-order valence-corrected chi connectivity index (χ3v) is 2.00. The fourth-order valence-corrected chi connectivity index (χ4v) is 0.876. The third kappa shape index (κ3) is 1.62. The molecule has 2 unspecified atom stereocenters. The first-order valence-corrected chi connectivity index (χ1v) is 3.87. The number of nitrogens with zero attached hydrogens (tertiary/aromatic N) is 1. The van der Waals surface area contributed by atoms with Gasteiger partial charge in [-0.05, 0) is 26.0 Å². The maximum atomic E-state index is 9.75. The molecule has 1 rings (SSSR count). The molecule has 2 atom stereocenters. The molecule has 1 aromatic rings. The fourth-order valence-electron chi connectivity index (χ4n) is 0.876. The minimum Gasteiger partial charge on any atom is -0.390 e. The topological polar surface area (TPSA) is 53.4 Å². The normalized spacial score (nSPS) is 18.3. The quantitative estimate of drug-likeness (QED) is 0.680. The van der Waals surface area contributed by atoms with E-state index in [0.29, 0.717) is 5.69 Å². The first-order chi connectivity index (χ1) is 5.55. The van der Waals surface area contributed by atoms with Crippen molar-refractivity contribution in [3.63, 3.8) is 0 Å². The van der Waals surface area contributed by atoms with Gasteiger partial charge >= 0.3 is 0 Å². The number of rotatable bonds is 2. The number of aromatic nitrogens is 1. The molecule has 66 valence electrons. The summed E-state index contributed by atoms with van der Waals surface area (Å²) >= 11 is 0. The molecule has 0 aliphatic heterocycles. The molecule has 2 N–H and O–H groups in total. The average Bonchev–Trinajstić information content (AvgIpc) is 2.06. The largest absolute Gasteiger partial charge is 0.390 e. The van der Waals surface area contributed by atoms with Crippen LogP contribution in [-0.4, -0.2) is 21.3 Å². The molecule has 0 fully saturated rings. The summed E-state index contributed by atoms with van der Waals surface area (Å²) in [5, 5.41) is 19.0. The van der Waals surface area contributed by atoms with Gasteiger partial charge in [-0.3, -0.25) is 4.98 Å². The summed E-state index contributed by atoms with van der Waals surface area (Å²) in [4.78, 5) is 3.96. The van der Waals surface area contributed by atoms with E-state index in [2.05, 4.69) is 4.98 Å². The second kappa shape index (κ2) is 3.21. The van der Waals surface area contributed by atoms with Crippen molar-refractivity contribution in [2.45, 2.75) is 25.6 Å². The highest BCUT2D eigenvalue weighted by Gasteiger charge is 2.29. The van der Waals surface area contributed by atoms with E-state index in [-0.39, 0.29) is 0 Å². The Kier molecular flexibility index (Phi) is 2.45. The van der Waals surface area contributed by atoms with Crippen LogP contribution in [0.25, 0.3) is 0 Å². The molecule has 3 heteroatoms. The number of aliphatic hydroxyl groups excluding tert-OH is 1. The van der Waals surface area contributed by atoms with Crippen LogP contribution in [0.1, 0.15) is 19.5 Å². The predicted octanol–water partition coefficient (Wildman–Crippen LogP) is 0.670. The Bertz CT molecular complexity index is 244. The van der Waals surface area contributed by atoms with Gasteiger partial charge in [-0.15, -0.1) is 0 Å². The molecule has 1 aromatic heterocycles. The molecule has 1 heterocycles. The molecule has 0 saturated carbocycles. The van der Waals surface area contributed by atoms with Crippen molar-refractivity contribution in [1.82, 2.24) is 4.98 Å². The SMILES string of the molecule is CC(O)C(C)(O)c1ccccn1. The van der Waals surface area contributed by atoms with Crippen molar-refractivity contribution in [3.05, 3.63) is 30.1 Å². The van der Waals surface area contributed by atoms with Gasteiger partial charge in [0.25, 0.3) is 0 Å². The Balaban J connectivity index is 2.98. The minimum atomic E-state index is -1.26. The van der Waals surface area contributed by atoms with Crippen molar-refractivity contribution < 1.29 is 10.2 Å². The molecular weight excluding hydrogens is 154 g/mol. The van der Waals surface area contributed by atoms with Crippen LogP contribution in [0.3, 0.4) is 0 Å². The maximum Gasteiger partial charge on any atom is 0.129 e. The molecule has 0 amide bonds. The summed E-state index contributed by atoms with van der Waals surface area (Å²) in [5.41, 5.74) is -0.777. The highest BCUT2D eigenvalue weighted by atomic mass is 16.3. The van der Waals surface area contributed by atoms with Crippen LogP contribution >= 0.6 is 0 Å². The molecule has 0 radical (unpaired) electrons. The van der Waals surface area contributed by atoms with Crippen LogP contribution in [0, 0.1) is 0 Å². The van der Waals surface area contributed by atoms with Crippen LogP contribution in [0.4, 0.5) is 0 Å². The van der Waals surface area contributed by atoms with E-state index in [9.17, 15) is 10.2 Å². The molecular formula is C9H13NO2. The van der Waals surface area contributed by atoms with Crippen molar-refractivity contribution >= 4 is 0 Å². The Labute approximate surface area is 71.7 Å². The van der Waals surface area contributed by atoms with Gasteiger partial charge in [0.05, 0.1) is 11.8 Å². The molecule has 0 bridgehead atoms. The lowest BCUT2D eigenvalue weighted by Crippen LogP contribution is -2.34. The Morgan fingerprint density at radius 2 is 2.17 bits per heavy atom. The van der Waals surface area contributed by atoms with E-state index in [1.807, 2.05) is 0 Å². The van der Waals surface area contributed by atoms with E-state index >= 15 is 0 Å². The number of hydrogen-bond donors (Lipinski definition) is 2. The fraction of sp³-hybridized carbons (Fsp3) is 0.444. The Hall–Kier alpha value is -0.930. The zero-order chi connectivity index (χ0) is 9.19. The summed E-state index contributed by atoms with van der Waals surface area (Å²) in [7, 11) is 0. The van der Waals surface area contributed by atoms with Gasteiger partial charge in [0.2, 0.25) is 0 Å². The van der Waals surface area contributed by atoms with Crippen molar-refractivity contribution in [1.29, 1.82) is 0 Å². The van der Waals surface area contributed by atoms with Gasteiger partial charge in [0.15, 0.2) is 0 Å². The van der Waals surface area contributed by atoms with Crippen LogP contribution in [-0.2, 0) is 5.60 Å². The second-order valence-corrected chi connectivity index (χ2v) is 3.04. The van der Waals surface area contributed by atoms with Gasteiger partial charge in [0, 0.05) is 6.20 Å². The lowest BCUT2D eigenvalue weighted by atomic mass is 9.96. The third-order valence-electron chi connectivity index (χ3n) is 2.00. The lowest BCUT2D eigenvalue weighted by molar-refractivity contribution is -0.0599. The van der Waals surface area contributed by atoms with E-state index in [1.165, 1.54) is 6.92 Å². The van der Waals surface area contributed by atoms with Crippen molar-refractivity contribution in [2.75, 3.05) is 0 Å². The van der Waals surface area contributed by atoms with Crippen LogP contribution in [0.5, 0.6) is 0 Å². The zero-order valence-electron chi connectivity index (χ0n) is 7.23. The molecule has 0 saturated heterocycles. The lowest BCUT2D eigenvalue weighted by Gasteiger charge is -2.25. The molecule has 0 spiro atoms. The summed E-state index contributed by atoms with van der Waals surface area (Å²) in [6.07, 6.45) is 0.763. The molecule has 0 aliphatic carbocycles. The number of pyridine rings is 1. The molecule has 0 aromatic carbocycles. The van der Waals surface area contributed by atoms with Gasteiger partial charge in [-0.1, -0.05) is 6.07 Å². The highest BCUT2D eigenvalue weighted by molar-refractivity contribution is 5.13. The summed E-state index contributed by atoms with van der Waals surface area (Å²) in [6.45, 7) is 3.08.